The first kappa shape index (κ1) is 7.86. The summed E-state index contributed by atoms with van der Waals surface area (Å²) >= 11 is 0. The Balaban J connectivity index is 2.53. The van der Waals surface area contributed by atoms with Crippen molar-refractivity contribution in [2.24, 2.45) is 0 Å². The minimum Gasteiger partial charge on any atom is -0.507 e. The summed E-state index contributed by atoms with van der Waals surface area (Å²) < 4.78 is 17.5. The van der Waals surface area contributed by atoms with E-state index in [4.69, 9.17) is 4.42 Å². The average Bonchev–Trinajstić information content (AvgIpc) is 2.56. The molecule has 1 N–H and O–H groups in total. The molecule has 2 nitrogen and oxygen atoms in total. The monoisotopic (exact) mass is 178 g/mol. The number of hydrogen-bond donors (Lipinski definition) is 1. The number of hydrogen-bond acceptors (Lipinski definition) is 2. The maximum Gasteiger partial charge on any atom is 0.126 e. The second kappa shape index (κ2) is 2.94. The largest absolute Gasteiger partial charge is 0.507 e. The number of benzene rings is 1. The Morgan fingerprint density at radius 1 is 1.23 bits per heavy atom. The summed E-state index contributed by atoms with van der Waals surface area (Å²) in [6.07, 6.45) is 2.99. The van der Waals surface area contributed by atoms with Crippen LogP contribution >= 0.6 is 0 Å². The SMILES string of the molecule is Oc1cc(F)ccc1-c1ccoc1. The number of halogens is 1. The van der Waals surface area contributed by atoms with Gasteiger partial charge in [0.15, 0.2) is 0 Å². The topological polar surface area (TPSA) is 33.4 Å². The van der Waals surface area contributed by atoms with E-state index in [1.165, 1.54) is 24.7 Å². The molecule has 0 unspecified atom stereocenters. The molecule has 0 fully saturated rings. The lowest BCUT2D eigenvalue weighted by atomic mass is 10.1. The number of aromatic hydroxyl groups is 1. The average molecular weight is 178 g/mol. The maximum atomic E-state index is 12.6. The van der Waals surface area contributed by atoms with Crippen molar-refractivity contribution in [1.82, 2.24) is 0 Å². The quantitative estimate of drug-likeness (QED) is 0.728. The lowest BCUT2D eigenvalue weighted by Crippen LogP contribution is -1.78. The Hall–Kier alpha value is -1.77. The third-order valence-electron chi connectivity index (χ3n) is 1.79. The highest BCUT2D eigenvalue weighted by atomic mass is 19.1. The molecule has 0 aliphatic heterocycles. The van der Waals surface area contributed by atoms with Crippen molar-refractivity contribution >= 4 is 0 Å². The summed E-state index contributed by atoms with van der Waals surface area (Å²) in [5, 5.41) is 9.38. The van der Waals surface area contributed by atoms with Crippen molar-refractivity contribution < 1.29 is 13.9 Å². The van der Waals surface area contributed by atoms with Crippen LogP contribution in [0.5, 0.6) is 5.75 Å². The predicted molar refractivity (Wildman–Crippen MR) is 45.8 cm³/mol. The number of phenols is 1. The minimum absolute atomic E-state index is 0.0820. The summed E-state index contributed by atoms with van der Waals surface area (Å²) in [7, 11) is 0. The lowest BCUT2D eigenvalue weighted by Gasteiger charge is -2.00. The van der Waals surface area contributed by atoms with Gasteiger partial charge in [0.05, 0.1) is 12.5 Å². The number of furan rings is 1. The van der Waals surface area contributed by atoms with Crippen molar-refractivity contribution in [2.45, 2.75) is 0 Å². The molecule has 0 radical (unpaired) electrons. The number of phenolic OH excluding ortho intramolecular Hbond substituents is 1. The highest BCUT2D eigenvalue weighted by Crippen LogP contribution is 2.29. The lowest BCUT2D eigenvalue weighted by molar-refractivity contribution is 0.471. The second-order valence-corrected chi connectivity index (χ2v) is 2.67. The fourth-order valence-electron chi connectivity index (χ4n) is 1.17. The van der Waals surface area contributed by atoms with Gasteiger partial charge in [-0.15, -0.1) is 0 Å². The zero-order valence-corrected chi connectivity index (χ0v) is 6.70. The molecule has 1 heterocycles. The van der Waals surface area contributed by atoms with E-state index in [1.807, 2.05) is 0 Å². The predicted octanol–water partition coefficient (Wildman–Crippen LogP) is 2.79. The molecule has 0 saturated heterocycles. The fraction of sp³-hybridized carbons (Fsp3) is 0. The molecule has 0 spiro atoms. The molecular weight excluding hydrogens is 171 g/mol. The molecule has 1 aromatic carbocycles. The van der Waals surface area contributed by atoms with Gasteiger partial charge >= 0.3 is 0 Å². The molecule has 2 aromatic rings. The molecule has 3 heteroatoms. The Morgan fingerprint density at radius 2 is 2.08 bits per heavy atom. The van der Waals surface area contributed by atoms with Gasteiger partial charge in [0.1, 0.15) is 11.6 Å². The van der Waals surface area contributed by atoms with Gasteiger partial charge in [-0.1, -0.05) is 0 Å². The second-order valence-electron chi connectivity index (χ2n) is 2.67. The zero-order chi connectivity index (χ0) is 9.26. The van der Waals surface area contributed by atoms with E-state index in [-0.39, 0.29) is 5.75 Å². The summed E-state index contributed by atoms with van der Waals surface area (Å²) in [6, 6.07) is 5.58. The van der Waals surface area contributed by atoms with Crippen molar-refractivity contribution in [3.63, 3.8) is 0 Å². The van der Waals surface area contributed by atoms with Gasteiger partial charge in [-0.05, 0) is 18.2 Å². The smallest absolute Gasteiger partial charge is 0.126 e. The molecule has 0 amide bonds. The third kappa shape index (κ3) is 1.40. The van der Waals surface area contributed by atoms with Gasteiger partial charge in [-0.3, -0.25) is 0 Å². The van der Waals surface area contributed by atoms with Gasteiger partial charge in [-0.25, -0.2) is 4.39 Å². The van der Waals surface area contributed by atoms with Crippen molar-refractivity contribution in [1.29, 1.82) is 0 Å². The summed E-state index contributed by atoms with van der Waals surface area (Å²) in [5.74, 6) is -0.536. The fourth-order valence-corrected chi connectivity index (χ4v) is 1.17. The molecular formula is C10H7FO2. The highest BCUT2D eigenvalue weighted by Gasteiger charge is 2.05. The van der Waals surface area contributed by atoms with Crippen LogP contribution in [0.4, 0.5) is 4.39 Å². The van der Waals surface area contributed by atoms with Crippen LogP contribution in [0.15, 0.2) is 41.2 Å². The molecule has 0 aliphatic rings. The molecule has 1 aromatic heterocycles. The van der Waals surface area contributed by atoms with E-state index in [2.05, 4.69) is 0 Å². The summed E-state index contributed by atoms with van der Waals surface area (Å²) in [6.45, 7) is 0. The van der Waals surface area contributed by atoms with E-state index in [9.17, 15) is 9.50 Å². The van der Waals surface area contributed by atoms with Crippen molar-refractivity contribution in [3.05, 3.63) is 42.6 Å². The van der Waals surface area contributed by atoms with E-state index in [0.717, 1.165) is 11.6 Å². The van der Waals surface area contributed by atoms with E-state index in [0.29, 0.717) is 5.56 Å². The van der Waals surface area contributed by atoms with Crippen molar-refractivity contribution in [3.8, 4) is 16.9 Å². The molecule has 2 rings (SSSR count). The highest BCUT2D eigenvalue weighted by molar-refractivity contribution is 5.68. The Kier molecular flexibility index (Phi) is 1.77. The van der Waals surface area contributed by atoms with Crippen LogP contribution < -0.4 is 0 Å². The Labute approximate surface area is 74.2 Å². The molecule has 66 valence electrons. The van der Waals surface area contributed by atoms with E-state index >= 15 is 0 Å². The third-order valence-corrected chi connectivity index (χ3v) is 1.79. The Bertz CT molecular complexity index is 407. The normalized spacial score (nSPS) is 10.2. The zero-order valence-electron chi connectivity index (χ0n) is 6.70. The molecule has 13 heavy (non-hydrogen) atoms. The summed E-state index contributed by atoms with van der Waals surface area (Å²) in [5.41, 5.74) is 1.30. The molecule has 0 bridgehead atoms. The van der Waals surface area contributed by atoms with Crippen LogP contribution in [-0.2, 0) is 0 Å². The molecule has 0 aliphatic carbocycles. The van der Waals surface area contributed by atoms with Crippen LogP contribution in [0, 0.1) is 5.82 Å². The number of rotatable bonds is 1. The maximum absolute atomic E-state index is 12.6. The van der Waals surface area contributed by atoms with Crippen LogP contribution in [0.3, 0.4) is 0 Å². The first-order valence-corrected chi connectivity index (χ1v) is 3.78. The Morgan fingerprint density at radius 3 is 2.69 bits per heavy atom. The van der Waals surface area contributed by atoms with Gasteiger partial charge < -0.3 is 9.52 Å². The van der Waals surface area contributed by atoms with Gasteiger partial charge in [0.2, 0.25) is 0 Å². The molecule has 0 saturated carbocycles. The summed E-state index contributed by atoms with van der Waals surface area (Å²) in [4.78, 5) is 0. The van der Waals surface area contributed by atoms with Gasteiger partial charge in [-0.2, -0.15) is 0 Å². The van der Waals surface area contributed by atoms with Crippen LogP contribution in [-0.4, -0.2) is 5.11 Å². The van der Waals surface area contributed by atoms with E-state index < -0.39 is 5.82 Å². The van der Waals surface area contributed by atoms with Crippen LogP contribution in [0.25, 0.3) is 11.1 Å². The van der Waals surface area contributed by atoms with E-state index in [1.54, 1.807) is 6.07 Å². The van der Waals surface area contributed by atoms with Gasteiger partial charge in [0, 0.05) is 17.2 Å². The van der Waals surface area contributed by atoms with Gasteiger partial charge in [0.25, 0.3) is 0 Å². The van der Waals surface area contributed by atoms with Crippen molar-refractivity contribution in [2.75, 3.05) is 0 Å². The first-order valence-electron chi connectivity index (χ1n) is 3.78. The standard InChI is InChI=1S/C10H7FO2/c11-8-1-2-9(10(12)5-8)7-3-4-13-6-7/h1-6,12H. The first-order chi connectivity index (χ1) is 6.27. The van der Waals surface area contributed by atoms with Crippen LogP contribution in [0.1, 0.15) is 0 Å². The molecule has 0 atom stereocenters. The van der Waals surface area contributed by atoms with Crippen LogP contribution in [0.2, 0.25) is 0 Å². The minimum atomic E-state index is -0.454.